The summed E-state index contributed by atoms with van der Waals surface area (Å²) >= 11 is 0. The van der Waals surface area contributed by atoms with Crippen LogP contribution in [0.15, 0.2) is 60.8 Å². The molecule has 2 aromatic carbocycles. The fourth-order valence-electron chi connectivity index (χ4n) is 3.89. The topological polar surface area (TPSA) is 157 Å². The van der Waals surface area contributed by atoms with E-state index in [0.717, 1.165) is 17.7 Å². The summed E-state index contributed by atoms with van der Waals surface area (Å²) < 4.78 is 12.4. The van der Waals surface area contributed by atoms with Gasteiger partial charge in [-0.1, -0.05) is 35.5 Å². The number of anilines is 1. The third-order valence-corrected chi connectivity index (χ3v) is 6.09. The second kappa shape index (κ2) is 16.6. The molecule has 0 spiro atoms. The smallest absolute Gasteiger partial charge is 0.244 e. The first-order chi connectivity index (χ1) is 19.5. The van der Waals surface area contributed by atoms with Crippen molar-refractivity contribution in [1.82, 2.24) is 25.8 Å². The Morgan fingerprint density at radius 3 is 2.52 bits per heavy atom. The van der Waals surface area contributed by atoms with Crippen LogP contribution in [0.4, 0.5) is 5.69 Å². The number of rotatable bonds is 17. The number of nitrogens with one attached hydrogen (secondary N) is 3. The van der Waals surface area contributed by atoms with Gasteiger partial charge in [-0.05, 0) is 49.1 Å². The van der Waals surface area contributed by atoms with Gasteiger partial charge in [0.05, 0.1) is 26.5 Å². The molecular formula is C28H36N6O6. The Balaban J connectivity index is 1.36. The number of benzene rings is 2. The summed E-state index contributed by atoms with van der Waals surface area (Å²) in [6.07, 6.45) is 3.65. The van der Waals surface area contributed by atoms with Crippen molar-refractivity contribution in [3.8, 4) is 5.75 Å². The monoisotopic (exact) mass is 552 g/mol. The van der Waals surface area contributed by atoms with Crippen molar-refractivity contribution >= 4 is 23.4 Å². The number of amides is 3. The predicted octanol–water partition coefficient (Wildman–Crippen LogP) is 2.83. The molecule has 1 aromatic heterocycles. The highest BCUT2D eigenvalue weighted by molar-refractivity contribution is 5.90. The highest BCUT2D eigenvalue weighted by atomic mass is 16.5. The number of unbranched alkanes of at least 4 members (excludes halogenated alkanes) is 1. The normalized spacial score (nSPS) is 11.4. The van der Waals surface area contributed by atoms with Crippen LogP contribution >= 0.6 is 0 Å². The zero-order valence-electron chi connectivity index (χ0n) is 22.5. The number of hydroxylamine groups is 1. The van der Waals surface area contributed by atoms with Gasteiger partial charge in [-0.2, -0.15) is 0 Å². The summed E-state index contributed by atoms with van der Waals surface area (Å²) in [6.45, 7) is 1.40. The standard InChI is InChI=1S/C28H36N6O6/c1-39-25-12-10-23(11-13-25)30-26(35)9-5-6-15-34-19-24(31-33-34)18-29-28(37)22(17-27(36)32-38)14-16-40-20-21-7-3-2-4-8-21/h2-4,7-8,10-13,19,22,38H,5-6,9,14-18,20H2,1H3,(H,29,37)(H,30,35)(H,32,36). The van der Waals surface area contributed by atoms with Gasteiger partial charge >= 0.3 is 0 Å². The molecule has 1 heterocycles. The first kappa shape index (κ1) is 30.3. The van der Waals surface area contributed by atoms with Crippen molar-refractivity contribution in [2.75, 3.05) is 19.0 Å². The van der Waals surface area contributed by atoms with E-state index in [1.807, 2.05) is 30.3 Å². The third kappa shape index (κ3) is 10.8. The van der Waals surface area contributed by atoms with Crippen molar-refractivity contribution in [1.29, 1.82) is 0 Å². The van der Waals surface area contributed by atoms with Crippen molar-refractivity contribution in [3.05, 3.63) is 72.1 Å². The molecule has 3 rings (SSSR count). The van der Waals surface area contributed by atoms with E-state index in [4.69, 9.17) is 14.7 Å². The molecular weight excluding hydrogens is 516 g/mol. The number of ether oxygens (including phenoxy) is 2. The lowest BCUT2D eigenvalue weighted by Crippen LogP contribution is -2.34. The first-order valence-electron chi connectivity index (χ1n) is 13.1. The van der Waals surface area contributed by atoms with Crippen molar-refractivity contribution in [3.63, 3.8) is 0 Å². The number of hydrogen-bond donors (Lipinski definition) is 4. The quantitative estimate of drug-likeness (QED) is 0.113. The minimum Gasteiger partial charge on any atom is -0.497 e. The van der Waals surface area contributed by atoms with Crippen LogP contribution in [0.3, 0.4) is 0 Å². The maximum Gasteiger partial charge on any atom is 0.244 e. The Kier molecular flexibility index (Phi) is 12.6. The van der Waals surface area contributed by atoms with Gasteiger partial charge < -0.3 is 20.1 Å². The molecule has 0 bridgehead atoms. The minimum absolute atomic E-state index is 0.0675. The van der Waals surface area contributed by atoms with Crippen LogP contribution in [0, 0.1) is 5.92 Å². The molecule has 3 amide bonds. The number of nitrogens with zero attached hydrogens (tertiary/aromatic N) is 3. The molecule has 0 aliphatic heterocycles. The van der Waals surface area contributed by atoms with Crippen LogP contribution in [0.5, 0.6) is 5.75 Å². The van der Waals surface area contributed by atoms with Crippen LogP contribution in [0.25, 0.3) is 0 Å². The van der Waals surface area contributed by atoms with E-state index in [1.165, 1.54) is 0 Å². The molecule has 0 radical (unpaired) electrons. The molecule has 40 heavy (non-hydrogen) atoms. The van der Waals surface area contributed by atoms with Gasteiger partial charge in [0.25, 0.3) is 0 Å². The summed E-state index contributed by atoms with van der Waals surface area (Å²) in [7, 11) is 1.59. The lowest BCUT2D eigenvalue weighted by atomic mass is 10.0. The maximum atomic E-state index is 12.7. The van der Waals surface area contributed by atoms with Crippen molar-refractivity contribution < 1.29 is 29.1 Å². The van der Waals surface area contributed by atoms with E-state index >= 15 is 0 Å². The van der Waals surface area contributed by atoms with E-state index < -0.39 is 11.8 Å². The van der Waals surface area contributed by atoms with Gasteiger partial charge in [0.15, 0.2) is 0 Å². The van der Waals surface area contributed by atoms with Crippen LogP contribution in [0.1, 0.15) is 43.4 Å². The number of aryl methyl sites for hydroxylation is 1. The van der Waals surface area contributed by atoms with Gasteiger partial charge in [-0.15, -0.1) is 5.10 Å². The highest BCUT2D eigenvalue weighted by Gasteiger charge is 2.22. The molecule has 0 aliphatic carbocycles. The van der Waals surface area contributed by atoms with E-state index in [0.29, 0.717) is 43.8 Å². The summed E-state index contributed by atoms with van der Waals surface area (Å²) in [5, 5.41) is 22.7. The third-order valence-electron chi connectivity index (χ3n) is 6.09. The van der Waals surface area contributed by atoms with Gasteiger partial charge in [-0.3, -0.25) is 24.3 Å². The Hall–Kier alpha value is -4.29. The molecule has 12 heteroatoms. The van der Waals surface area contributed by atoms with Crippen molar-refractivity contribution in [2.24, 2.45) is 5.92 Å². The van der Waals surface area contributed by atoms with Crippen molar-refractivity contribution in [2.45, 2.75) is 51.8 Å². The first-order valence-corrected chi connectivity index (χ1v) is 13.1. The van der Waals surface area contributed by atoms with Gasteiger partial charge in [0.1, 0.15) is 11.4 Å². The molecule has 12 nitrogen and oxygen atoms in total. The second-order valence-electron chi connectivity index (χ2n) is 9.19. The molecule has 0 aliphatic rings. The molecule has 3 aromatic rings. The number of carbonyl (C=O) groups is 3. The molecule has 0 fully saturated rings. The van der Waals surface area contributed by atoms with Crippen LogP contribution in [-0.4, -0.2) is 51.6 Å². The Morgan fingerprint density at radius 1 is 1.02 bits per heavy atom. The molecule has 4 N–H and O–H groups in total. The van der Waals surface area contributed by atoms with Crippen LogP contribution in [0.2, 0.25) is 0 Å². The van der Waals surface area contributed by atoms with E-state index in [-0.39, 0.29) is 31.4 Å². The second-order valence-corrected chi connectivity index (χ2v) is 9.19. The Morgan fingerprint density at radius 2 is 1.80 bits per heavy atom. The summed E-state index contributed by atoms with van der Waals surface area (Å²) in [5.41, 5.74) is 3.87. The number of hydrogen-bond acceptors (Lipinski definition) is 8. The zero-order valence-corrected chi connectivity index (χ0v) is 22.5. The number of methoxy groups -OCH3 is 1. The molecule has 0 saturated carbocycles. The number of aromatic nitrogens is 3. The van der Waals surface area contributed by atoms with E-state index in [2.05, 4.69) is 20.9 Å². The Bertz CT molecular complexity index is 1200. The molecule has 1 unspecified atom stereocenters. The predicted molar refractivity (Wildman–Crippen MR) is 146 cm³/mol. The lowest BCUT2D eigenvalue weighted by molar-refractivity contribution is -0.135. The summed E-state index contributed by atoms with van der Waals surface area (Å²) in [4.78, 5) is 36.6. The summed E-state index contributed by atoms with van der Waals surface area (Å²) in [6, 6.07) is 16.8. The largest absolute Gasteiger partial charge is 0.497 e. The van der Waals surface area contributed by atoms with E-state index in [9.17, 15) is 14.4 Å². The number of carbonyl (C=O) groups excluding carboxylic acids is 3. The fraction of sp³-hybridized carbons (Fsp3) is 0.393. The average molecular weight is 553 g/mol. The Labute approximate surface area is 233 Å². The molecule has 214 valence electrons. The summed E-state index contributed by atoms with van der Waals surface area (Å²) in [5.74, 6) is -1.01. The zero-order chi connectivity index (χ0) is 28.6. The minimum atomic E-state index is -0.679. The van der Waals surface area contributed by atoms with E-state index in [1.54, 1.807) is 47.7 Å². The van der Waals surface area contributed by atoms with Gasteiger partial charge in [0.2, 0.25) is 17.7 Å². The van der Waals surface area contributed by atoms with Crippen LogP contribution in [-0.2, 0) is 38.8 Å². The van der Waals surface area contributed by atoms with Gasteiger partial charge in [0, 0.05) is 37.6 Å². The SMILES string of the molecule is COc1ccc(NC(=O)CCCCn2cc(CNC(=O)C(CCOCc3ccccc3)CC(=O)NO)nn2)cc1. The average Bonchev–Trinajstić information content (AvgIpc) is 3.44. The molecule has 1 atom stereocenters. The fourth-order valence-corrected chi connectivity index (χ4v) is 3.89. The van der Waals surface area contributed by atoms with Gasteiger partial charge in [-0.25, -0.2) is 5.48 Å². The molecule has 0 saturated heterocycles. The maximum absolute atomic E-state index is 12.7. The highest BCUT2D eigenvalue weighted by Crippen LogP contribution is 2.15. The van der Waals surface area contributed by atoms with Crippen LogP contribution < -0.4 is 20.9 Å². The lowest BCUT2D eigenvalue weighted by Gasteiger charge is -2.15.